The molecular weight excluding hydrogens is 473 g/mol. The van der Waals surface area contributed by atoms with Crippen LogP contribution < -0.4 is 16.4 Å². The van der Waals surface area contributed by atoms with Gasteiger partial charge in [-0.15, -0.1) is 0 Å². The Morgan fingerprint density at radius 2 is 2.03 bits per heavy atom. The summed E-state index contributed by atoms with van der Waals surface area (Å²) in [5, 5.41) is 17.1. The topological polar surface area (TPSA) is 131 Å². The van der Waals surface area contributed by atoms with Crippen molar-refractivity contribution in [3.8, 4) is 0 Å². The molecule has 2 atom stereocenters. The molecule has 5 rings (SSSR count). The maximum atomic E-state index is 13.5. The van der Waals surface area contributed by atoms with Gasteiger partial charge in [0.1, 0.15) is 17.3 Å². The van der Waals surface area contributed by atoms with Crippen molar-refractivity contribution in [1.82, 2.24) is 19.5 Å². The van der Waals surface area contributed by atoms with Gasteiger partial charge in [0.2, 0.25) is 5.95 Å². The molecule has 0 bridgehead atoms. The second-order valence-corrected chi connectivity index (χ2v) is 10.1. The van der Waals surface area contributed by atoms with E-state index >= 15 is 0 Å². The van der Waals surface area contributed by atoms with Gasteiger partial charge < -0.3 is 26.0 Å². The first-order valence-electron chi connectivity index (χ1n) is 11.5. The molecule has 9 nitrogen and oxygen atoms in total. The van der Waals surface area contributed by atoms with E-state index in [0.717, 1.165) is 18.5 Å². The number of aryl methyl sites for hydroxylation is 1. The fourth-order valence-electron chi connectivity index (χ4n) is 5.65. The van der Waals surface area contributed by atoms with Gasteiger partial charge in [-0.2, -0.15) is 4.98 Å². The number of nitrogen functional groups attached to an aromatic ring is 1. The predicted molar refractivity (Wildman–Crippen MR) is 131 cm³/mol. The van der Waals surface area contributed by atoms with Crippen LogP contribution in [-0.4, -0.2) is 42.7 Å². The maximum Gasteiger partial charge on any atom is 0.274 e. The molecule has 11 heteroatoms. The van der Waals surface area contributed by atoms with Crippen LogP contribution in [0.15, 0.2) is 36.8 Å². The third kappa shape index (κ3) is 4.81. The number of rotatable bonds is 6. The number of hydrogen-bond acceptors (Lipinski definition) is 7. The van der Waals surface area contributed by atoms with E-state index in [1.807, 2.05) is 0 Å². The number of aliphatic hydroxyl groups is 1. The zero-order chi connectivity index (χ0) is 24.7. The summed E-state index contributed by atoms with van der Waals surface area (Å²) in [6.07, 6.45) is 6.27. The molecule has 0 aliphatic heterocycles. The summed E-state index contributed by atoms with van der Waals surface area (Å²) in [4.78, 5) is 25.6. The fraction of sp³-hybridized carbons (Fsp3) is 0.417. The van der Waals surface area contributed by atoms with Gasteiger partial charge >= 0.3 is 0 Å². The van der Waals surface area contributed by atoms with Crippen molar-refractivity contribution in [2.75, 3.05) is 22.9 Å². The van der Waals surface area contributed by atoms with Crippen LogP contribution >= 0.6 is 11.6 Å². The third-order valence-corrected chi connectivity index (χ3v) is 7.43. The van der Waals surface area contributed by atoms with Gasteiger partial charge in [-0.25, -0.2) is 14.4 Å². The lowest BCUT2D eigenvalue weighted by Crippen LogP contribution is -2.35. The van der Waals surface area contributed by atoms with Crippen LogP contribution in [0, 0.1) is 17.7 Å². The molecule has 184 valence electrons. The van der Waals surface area contributed by atoms with Crippen LogP contribution in [0.25, 0.3) is 0 Å². The molecule has 2 aromatic heterocycles. The Kier molecular flexibility index (Phi) is 6.10. The highest BCUT2D eigenvalue weighted by molar-refractivity contribution is 6.31. The van der Waals surface area contributed by atoms with Crippen molar-refractivity contribution in [3.05, 3.63) is 59.0 Å². The minimum absolute atomic E-state index is 0.0539. The van der Waals surface area contributed by atoms with E-state index in [4.69, 9.17) is 17.3 Å². The molecule has 3 aromatic rings. The number of aromatic nitrogens is 4. The number of nitrogens with two attached hydrogens (primary N) is 1. The number of benzene rings is 1. The Hall–Kier alpha value is -3.24. The van der Waals surface area contributed by atoms with Gasteiger partial charge in [-0.1, -0.05) is 11.6 Å². The van der Waals surface area contributed by atoms with Crippen molar-refractivity contribution in [1.29, 1.82) is 0 Å². The standard InChI is InChI=1S/C24H27ClFN7O2/c1-33-12-30-20(21(33)22(34)31-16-2-3-18(26)17(25)8-16)13-6-14-9-24(35,10-15(14)7-13)11-29-19-4-5-28-23(27)32-19/h2-5,8,12-15,35H,6-7,9-11H2,1H3,(H,31,34)(H3,27,28,29,32). The first kappa shape index (κ1) is 23.5. The van der Waals surface area contributed by atoms with Crippen LogP contribution in [0.1, 0.15) is 47.8 Å². The van der Waals surface area contributed by atoms with E-state index in [1.165, 1.54) is 18.2 Å². The van der Waals surface area contributed by atoms with Crippen LogP contribution in [0.2, 0.25) is 5.02 Å². The SMILES string of the molecule is Cn1cnc(C2CC3CC(O)(CNc4ccnc(N)n4)CC3C2)c1C(=O)Nc1ccc(F)c(Cl)c1. The number of amides is 1. The number of anilines is 3. The number of nitrogens with zero attached hydrogens (tertiary/aromatic N) is 4. The van der Waals surface area contributed by atoms with E-state index in [9.17, 15) is 14.3 Å². The smallest absolute Gasteiger partial charge is 0.274 e. The quantitative estimate of drug-likeness (QED) is 0.407. The molecule has 35 heavy (non-hydrogen) atoms. The number of hydrogen-bond donors (Lipinski definition) is 4. The number of carbonyl (C=O) groups excluding carboxylic acids is 1. The molecule has 0 saturated heterocycles. The highest BCUT2D eigenvalue weighted by Gasteiger charge is 2.49. The maximum absolute atomic E-state index is 13.5. The summed E-state index contributed by atoms with van der Waals surface area (Å²) < 4.78 is 15.2. The summed E-state index contributed by atoms with van der Waals surface area (Å²) in [6, 6.07) is 5.80. The van der Waals surface area contributed by atoms with Crippen molar-refractivity contribution < 1.29 is 14.3 Å². The first-order valence-corrected chi connectivity index (χ1v) is 11.9. The molecule has 2 aliphatic carbocycles. The van der Waals surface area contributed by atoms with E-state index in [-0.39, 0.29) is 22.8 Å². The summed E-state index contributed by atoms with van der Waals surface area (Å²) in [5.41, 5.74) is 6.45. The molecule has 1 aromatic carbocycles. The van der Waals surface area contributed by atoms with Gasteiger partial charge in [0.15, 0.2) is 0 Å². The molecule has 1 amide bonds. The number of nitrogens with one attached hydrogen (secondary N) is 2. The highest BCUT2D eigenvalue weighted by atomic mass is 35.5. The zero-order valence-corrected chi connectivity index (χ0v) is 20.0. The van der Waals surface area contributed by atoms with E-state index in [1.54, 1.807) is 30.2 Å². The number of carbonyl (C=O) groups is 1. The minimum Gasteiger partial charge on any atom is -0.388 e. The van der Waals surface area contributed by atoms with Gasteiger partial charge in [0.05, 0.1) is 22.6 Å². The van der Waals surface area contributed by atoms with Crippen LogP contribution in [0.4, 0.5) is 21.8 Å². The average Bonchev–Trinajstić information content (AvgIpc) is 3.46. The lowest BCUT2D eigenvalue weighted by molar-refractivity contribution is 0.0514. The van der Waals surface area contributed by atoms with Gasteiger partial charge in [0, 0.05) is 31.4 Å². The minimum atomic E-state index is -0.827. The van der Waals surface area contributed by atoms with Crippen molar-refractivity contribution in [2.24, 2.45) is 18.9 Å². The largest absolute Gasteiger partial charge is 0.388 e. The Labute approximate surface area is 206 Å². The van der Waals surface area contributed by atoms with Crippen LogP contribution in [0.3, 0.4) is 0 Å². The van der Waals surface area contributed by atoms with Gasteiger partial charge in [-0.05, 0) is 61.8 Å². The van der Waals surface area contributed by atoms with Crippen LogP contribution in [0.5, 0.6) is 0 Å². The predicted octanol–water partition coefficient (Wildman–Crippen LogP) is 3.58. The van der Waals surface area contributed by atoms with Crippen LogP contribution in [-0.2, 0) is 7.05 Å². The number of halogens is 2. The molecular formula is C24H27ClFN7O2. The van der Waals surface area contributed by atoms with Crippen molar-refractivity contribution in [3.63, 3.8) is 0 Å². The summed E-state index contributed by atoms with van der Waals surface area (Å²) in [6.45, 7) is 0.387. The molecule has 0 spiro atoms. The van der Waals surface area contributed by atoms with Gasteiger partial charge in [0.25, 0.3) is 5.91 Å². The molecule has 2 aliphatic rings. The number of imidazole rings is 1. The van der Waals surface area contributed by atoms with E-state index in [2.05, 4.69) is 25.6 Å². The lowest BCUT2D eigenvalue weighted by atomic mass is 9.92. The number of fused-ring (bicyclic) bond motifs is 1. The third-order valence-electron chi connectivity index (χ3n) is 7.14. The monoisotopic (exact) mass is 499 g/mol. The van der Waals surface area contributed by atoms with E-state index in [0.29, 0.717) is 48.4 Å². The molecule has 2 saturated carbocycles. The normalized spacial score (nSPS) is 25.4. The molecule has 5 N–H and O–H groups in total. The summed E-state index contributed by atoms with van der Waals surface area (Å²) >= 11 is 5.85. The summed E-state index contributed by atoms with van der Waals surface area (Å²) in [7, 11) is 1.78. The Morgan fingerprint density at radius 3 is 2.71 bits per heavy atom. The average molecular weight is 500 g/mol. The van der Waals surface area contributed by atoms with E-state index < -0.39 is 11.4 Å². The molecule has 0 radical (unpaired) electrons. The lowest BCUT2D eigenvalue weighted by Gasteiger charge is -2.25. The Morgan fingerprint density at radius 1 is 1.29 bits per heavy atom. The second kappa shape index (κ2) is 9.09. The zero-order valence-electron chi connectivity index (χ0n) is 19.2. The second-order valence-electron chi connectivity index (χ2n) is 9.65. The van der Waals surface area contributed by atoms with Gasteiger partial charge in [-0.3, -0.25) is 4.79 Å². The van der Waals surface area contributed by atoms with Crippen molar-refractivity contribution in [2.45, 2.75) is 37.2 Å². The Balaban J connectivity index is 1.24. The highest BCUT2D eigenvalue weighted by Crippen LogP contribution is 2.54. The summed E-state index contributed by atoms with van der Waals surface area (Å²) in [5.74, 6) is 0.734. The fourth-order valence-corrected chi connectivity index (χ4v) is 5.83. The molecule has 2 unspecified atom stereocenters. The molecule has 2 heterocycles. The van der Waals surface area contributed by atoms with Crippen molar-refractivity contribution >= 4 is 35.0 Å². The molecule has 2 fully saturated rings. The Bertz CT molecular complexity index is 1250. The first-order chi connectivity index (χ1) is 16.7.